The van der Waals surface area contributed by atoms with Gasteiger partial charge in [0.25, 0.3) is 5.91 Å². The monoisotopic (exact) mass is 315 g/mol. The number of amides is 1. The Morgan fingerprint density at radius 2 is 2.22 bits per heavy atom. The minimum Gasteiger partial charge on any atom is -0.393 e. The Bertz CT molecular complexity index is 446. The van der Waals surface area contributed by atoms with E-state index in [1.54, 1.807) is 11.0 Å². The molecule has 1 aromatic carbocycles. The van der Waals surface area contributed by atoms with Gasteiger partial charge in [0.15, 0.2) is 0 Å². The number of aliphatic hydroxyl groups excluding tert-OH is 1. The van der Waals surface area contributed by atoms with Crippen molar-refractivity contribution in [3.63, 3.8) is 0 Å². The molecule has 5 heteroatoms. The molecule has 0 spiro atoms. The Balaban J connectivity index is 2.16. The highest BCUT2D eigenvalue weighted by molar-refractivity contribution is 9.10. The van der Waals surface area contributed by atoms with E-state index >= 15 is 0 Å². The van der Waals surface area contributed by atoms with Crippen molar-refractivity contribution in [2.45, 2.75) is 19.4 Å². The molecule has 1 aliphatic rings. The van der Waals surface area contributed by atoms with Crippen molar-refractivity contribution in [1.29, 1.82) is 0 Å². The van der Waals surface area contributed by atoms with Crippen LogP contribution in [0.5, 0.6) is 0 Å². The molecule has 2 atom stereocenters. The molecule has 1 aromatic rings. The minimum atomic E-state index is -0.433. The normalized spacial score (nSPS) is 24.1. The van der Waals surface area contributed by atoms with E-state index in [1.165, 1.54) is 12.1 Å². The van der Waals surface area contributed by atoms with Crippen molar-refractivity contribution in [2.24, 2.45) is 5.92 Å². The third-order valence-electron chi connectivity index (χ3n) is 3.26. The first-order valence-electron chi connectivity index (χ1n) is 5.91. The summed E-state index contributed by atoms with van der Waals surface area (Å²) in [4.78, 5) is 13.9. The quantitative estimate of drug-likeness (QED) is 0.864. The molecular formula is C13H15BrFNO2. The number of hydrogen-bond acceptors (Lipinski definition) is 2. The van der Waals surface area contributed by atoms with Gasteiger partial charge in [-0.25, -0.2) is 4.39 Å². The van der Waals surface area contributed by atoms with Gasteiger partial charge < -0.3 is 10.0 Å². The fraction of sp³-hybridized carbons (Fsp3) is 0.462. The SMILES string of the molecule is CC1CN(C(=O)c2cc(F)cc(Br)c2)CCC1O. The summed E-state index contributed by atoms with van der Waals surface area (Å²) in [5.41, 5.74) is 0.338. The number of hydrogen-bond donors (Lipinski definition) is 1. The van der Waals surface area contributed by atoms with E-state index in [4.69, 9.17) is 0 Å². The number of carbonyl (C=O) groups excluding carboxylic acids is 1. The van der Waals surface area contributed by atoms with Gasteiger partial charge in [-0.05, 0) is 30.5 Å². The molecule has 3 nitrogen and oxygen atoms in total. The zero-order valence-electron chi connectivity index (χ0n) is 10.1. The highest BCUT2D eigenvalue weighted by Crippen LogP contribution is 2.21. The first-order chi connectivity index (χ1) is 8.47. The van der Waals surface area contributed by atoms with Gasteiger partial charge in [0.2, 0.25) is 0 Å². The number of likely N-dealkylation sites (tertiary alicyclic amines) is 1. The summed E-state index contributed by atoms with van der Waals surface area (Å²) in [7, 11) is 0. The van der Waals surface area contributed by atoms with Crippen molar-refractivity contribution < 1.29 is 14.3 Å². The molecule has 0 bridgehead atoms. The molecule has 0 aliphatic carbocycles. The fourth-order valence-electron chi connectivity index (χ4n) is 2.18. The summed E-state index contributed by atoms with van der Waals surface area (Å²) < 4.78 is 13.8. The van der Waals surface area contributed by atoms with E-state index in [0.29, 0.717) is 29.5 Å². The summed E-state index contributed by atoms with van der Waals surface area (Å²) in [6, 6.07) is 4.17. The van der Waals surface area contributed by atoms with Crippen LogP contribution >= 0.6 is 15.9 Å². The number of halogens is 2. The Morgan fingerprint density at radius 1 is 1.50 bits per heavy atom. The number of piperidine rings is 1. The Hall–Kier alpha value is -0.940. The second-order valence-corrected chi connectivity index (χ2v) is 5.66. The third-order valence-corrected chi connectivity index (χ3v) is 3.71. The largest absolute Gasteiger partial charge is 0.393 e. The molecule has 1 amide bonds. The predicted molar refractivity (Wildman–Crippen MR) is 69.8 cm³/mol. The van der Waals surface area contributed by atoms with Crippen LogP contribution in [0.4, 0.5) is 4.39 Å². The van der Waals surface area contributed by atoms with E-state index in [2.05, 4.69) is 15.9 Å². The minimum absolute atomic E-state index is 0.0553. The number of nitrogens with zero attached hydrogens (tertiary/aromatic N) is 1. The van der Waals surface area contributed by atoms with Crippen LogP contribution in [0.25, 0.3) is 0 Å². The van der Waals surface area contributed by atoms with Crippen molar-refractivity contribution in [3.05, 3.63) is 34.1 Å². The van der Waals surface area contributed by atoms with Crippen molar-refractivity contribution in [3.8, 4) is 0 Å². The van der Waals surface area contributed by atoms with E-state index in [-0.39, 0.29) is 17.9 Å². The molecule has 0 aromatic heterocycles. The highest BCUT2D eigenvalue weighted by atomic mass is 79.9. The Kier molecular flexibility index (Phi) is 4.02. The lowest BCUT2D eigenvalue weighted by atomic mass is 9.96. The van der Waals surface area contributed by atoms with Crippen LogP contribution in [0.3, 0.4) is 0 Å². The van der Waals surface area contributed by atoms with Gasteiger partial charge in [-0.15, -0.1) is 0 Å². The van der Waals surface area contributed by atoms with Gasteiger partial charge >= 0.3 is 0 Å². The number of benzene rings is 1. The summed E-state index contributed by atoms with van der Waals surface area (Å²) >= 11 is 3.18. The molecule has 1 heterocycles. The second-order valence-electron chi connectivity index (χ2n) is 4.74. The maximum Gasteiger partial charge on any atom is 0.254 e. The Morgan fingerprint density at radius 3 is 2.83 bits per heavy atom. The summed E-state index contributed by atoms with van der Waals surface area (Å²) in [6.07, 6.45) is 0.219. The number of rotatable bonds is 1. The third kappa shape index (κ3) is 2.90. The zero-order valence-corrected chi connectivity index (χ0v) is 11.7. The highest BCUT2D eigenvalue weighted by Gasteiger charge is 2.27. The first kappa shape index (κ1) is 13.5. The first-order valence-corrected chi connectivity index (χ1v) is 6.70. The zero-order chi connectivity index (χ0) is 13.3. The number of aliphatic hydroxyl groups is 1. The lowest BCUT2D eigenvalue weighted by molar-refractivity contribution is 0.0297. The summed E-state index contributed by atoms with van der Waals surface area (Å²) in [6.45, 7) is 2.93. The van der Waals surface area contributed by atoms with Gasteiger partial charge in [0.05, 0.1) is 6.10 Å². The van der Waals surface area contributed by atoms with Crippen LogP contribution in [0.15, 0.2) is 22.7 Å². The molecule has 1 saturated heterocycles. The maximum atomic E-state index is 13.3. The summed E-state index contributed by atoms with van der Waals surface area (Å²) in [5.74, 6) is -0.563. The van der Waals surface area contributed by atoms with Gasteiger partial charge in [-0.1, -0.05) is 22.9 Å². The van der Waals surface area contributed by atoms with Crippen molar-refractivity contribution in [1.82, 2.24) is 4.90 Å². The van der Waals surface area contributed by atoms with Crippen LogP contribution in [0.2, 0.25) is 0 Å². The Labute approximate surface area is 114 Å². The molecule has 2 rings (SSSR count). The van der Waals surface area contributed by atoms with Crippen LogP contribution in [0.1, 0.15) is 23.7 Å². The molecule has 98 valence electrons. The fourth-order valence-corrected chi connectivity index (χ4v) is 2.64. The smallest absolute Gasteiger partial charge is 0.254 e. The van der Waals surface area contributed by atoms with Crippen LogP contribution < -0.4 is 0 Å². The van der Waals surface area contributed by atoms with Gasteiger partial charge in [-0.3, -0.25) is 4.79 Å². The maximum absolute atomic E-state index is 13.3. The molecule has 1 fully saturated rings. The van der Waals surface area contributed by atoms with Crippen molar-refractivity contribution in [2.75, 3.05) is 13.1 Å². The van der Waals surface area contributed by atoms with E-state index in [0.717, 1.165) is 0 Å². The van der Waals surface area contributed by atoms with E-state index in [9.17, 15) is 14.3 Å². The predicted octanol–water partition coefficient (Wildman–Crippen LogP) is 2.43. The second kappa shape index (κ2) is 5.36. The molecule has 0 radical (unpaired) electrons. The molecule has 1 aliphatic heterocycles. The molecule has 18 heavy (non-hydrogen) atoms. The summed E-state index contributed by atoms with van der Waals surface area (Å²) in [5, 5.41) is 9.63. The average molecular weight is 316 g/mol. The molecule has 2 unspecified atom stereocenters. The van der Waals surface area contributed by atoms with Crippen LogP contribution in [-0.2, 0) is 0 Å². The molecule has 0 saturated carbocycles. The number of carbonyl (C=O) groups is 1. The van der Waals surface area contributed by atoms with Gasteiger partial charge in [-0.2, -0.15) is 0 Å². The van der Waals surface area contributed by atoms with Crippen molar-refractivity contribution >= 4 is 21.8 Å². The lowest BCUT2D eigenvalue weighted by Gasteiger charge is -2.34. The van der Waals surface area contributed by atoms with Crippen LogP contribution in [0, 0.1) is 11.7 Å². The molecule has 1 N–H and O–H groups in total. The average Bonchev–Trinajstić information content (AvgIpc) is 2.30. The van der Waals surface area contributed by atoms with E-state index < -0.39 is 5.82 Å². The standard InChI is InChI=1S/C13H15BrFNO2/c1-8-7-16(3-2-12(8)17)13(18)9-4-10(14)6-11(15)5-9/h4-6,8,12,17H,2-3,7H2,1H3. The van der Waals surface area contributed by atoms with E-state index in [1.807, 2.05) is 6.92 Å². The molecular weight excluding hydrogens is 301 g/mol. The topological polar surface area (TPSA) is 40.5 Å². The van der Waals surface area contributed by atoms with Gasteiger partial charge in [0, 0.05) is 23.1 Å². The lowest BCUT2D eigenvalue weighted by Crippen LogP contribution is -2.45. The van der Waals surface area contributed by atoms with Gasteiger partial charge in [0.1, 0.15) is 5.82 Å². The van der Waals surface area contributed by atoms with Crippen LogP contribution in [-0.4, -0.2) is 35.1 Å².